The molecule has 42 heavy (non-hydrogen) atoms. The first-order valence-corrected chi connectivity index (χ1v) is 19.5. The van der Waals surface area contributed by atoms with Gasteiger partial charge in [-0.15, -0.1) is 0 Å². The molecule has 0 radical (unpaired) electrons. The van der Waals surface area contributed by atoms with E-state index in [4.69, 9.17) is 45.6 Å². The Morgan fingerprint density at radius 1 is 0.905 bits per heavy atom. The molecule has 0 bridgehead atoms. The molecular formula is C29H42Cl2N4O5Si2. The van der Waals surface area contributed by atoms with Crippen LogP contribution in [0.25, 0.3) is 11.2 Å². The Kier molecular flexibility index (Phi) is 9.15. The highest BCUT2D eigenvalue weighted by Crippen LogP contribution is 2.50. The summed E-state index contributed by atoms with van der Waals surface area (Å²) in [6, 6.07) is 5.17. The molecule has 0 aliphatic carbocycles. The van der Waals surface area contributed by atoms with Crippen LogP contribution in [0.2, 0.25) is 32.2 Å². The number of nitrogens with zero attached hydrogens (tertiary/aromatic N) is 4. The lowest BCUT2D eigenvalue weighted by atomic mass is 10.0. The van der Waals surface area contributed by atoms with Crippen molar-refractivity contribution in [3.05, 3.63) is 40.9 Å². The van der Waals surface area contributed by atoms with Crippen LogP contribution in [0.1, 0.15) is 68.5 Å². The fraction of sp³-hybridized carbons (Fsp3) is 0.621. The summed E-state index contributed by atoms with van der Waals surface area (Å²) in [5.74, 6) is 0.541. The van der Waals surface area contributed by atoms with Crippen molar-refractivity contribution < 1.29 is 22.4 Å². The number of benzene rings is 1. The van der Waals surface area contributed by atoms with Crippen molar-refractivity contribution in [2.45, 2.75) is 103 Å². The zero-order valence-corrected chi connectivity index (χ0v) is 29.3. The second-order valence-electron chi connectivity index (χ2n) is 12.6. The van der Waals surface area contributed by atoms with Crippen LogP contribution in [0, 0.1) is 5.92 Å². The first-order chi connectivity index (χ1) is 19.8. The van der Waals surface area contributed by atoms with E-state index in [1.165, 1.54) is 6.33 Å². The van der Waals surface area contributed by atoms with Crippen molar-refractivity contribution in [3.8, 4) is 11.6 Å². The van der Waals surface area contributed by atoms with Crippen LogP contribution in [0.4, 0.5) is 0 Å². The van der Waals surface area contributed by atoms with Crippen LogP contribution in [0.3, 0.4) is 0 Å². The quantitative estimate of drug-likeness (QED) is 0.235. The van der Waals surface area contributed by atoms with Gasteiger partial charge in [-0.05, 0) is 34.3 Å². The number of hydrogen-bond donors (Lipinski definition) is 0. The number of para-hydroxylation sites is 1. The van der Waals surface area contributed by atoms with Crippen LogP contribution >= 0.6 is 23.2 Å². The highest BCUT2D eigenvalue weighted by Gasteiger charge is 2.61. The number of halogens is 2. The second kappa shape index (κ2) is 12.1. The van der Waals surface area contributed by atoms with E-state index in [1.54, 1.807) is 24.5 Å². The van der Waals surface area contributed by atoms with Gasteiger partial charge in [0.2, 0.25) is 0 Å². The highest BCUT2D eigenvalue weighted by molar-refractivity contribution is 6.84. The topological polar surface area (TPSA) is 89.8 Å². The largest absolute Gasteiger partial charge is 0.434 e. The Balaban J connectivity index is 1.52. The Morgan fingerprint density at radius 2 is 1.52 bits per heavy atom. The molecule has 0 unspecified atom stereocenters. The molecule has 2 saturated heterocycles. The van der Waals surface area contributed by atoms with Crippen LogP contribution in [0.15, 0.2) is 30.9 Å². The number of ether oxygens (including phenoxy) is 2. The molecule has 5 rings (SSSR count). The molecule has 230 valence electrons. The number of rotatable bonds is 7. The van der Waals surface area contributed by atoms with E-state index in [2.05, 4.69) is 77.3 Å². The fourth-order valence-corrected chi connectivity index (χ4v) is 18.2. The lowest BCUT2D eigenvalue weighted by molar-refractivity contribution is -0.0549. The first kappa shape index (κ1) is 31.8. The minimum atomic E-state index is -2.78. The van der Waals surface area contributed by atoms with Gasteiger partial charge in [0.15, 0.2) is 16.9 Å². The van der Waals surface area contributed by atoms with Gasteiger partial charge in [-0.2, -0.15) is 4.98 Å². The van der Waals surface area contributed by atoms with Gasteiger partial charge >= 0.3 is 17.1 Å². The molecule has 13 heteroatoms. The molecule has 2 aliphatic heterocycles. The van der Waals surface area contributed by atoms with Crippen molar-refractivity contribution in [2.24, 2.45) is 5.92 Å². The molecule has 0 saturated carbocycles. The third kappa shape index (κ3) is 5.34. The van der Waals surface area contributed by atoms with Gasteiger partial charge in [-0.25, -0.2) is 9.97 Å². The predicted octanol–water partition coefficient (Wildman–Crippen LogP) is 8.42. The smallest absolute Gasteiger partial charge is 0.335 e. The fourth-order valence-electron chi connectivity index (χ4n) is 6.42. The third-order valence-corrected chi connectivity index (χ3v) is 19.5. The molecule has 2 fully saturated rings. The van der Waals surface area contributed by atoms with E-state index in [1.807, 2.05) is 4.57 Å². The van der Waals surface area contributed by atoms with Crippen molar-refractivity contribution in [1.82, 2.24) is 19.5 Å². The summed E-state index contributed by atoms with van der Waals surface area (Å²) in [6.45, 7) is 20.4. The SMILES string of the molecule is CC(C)[Si]1(C(C)C)OC[C@H]2O[C@@H](n3cnc4c(Oc5c(Cl)cccc5Cl)ncnc43)[C@@H](C)[C@@H]2O[Si](C(C)C)(C(C)C)O1. The molecular weight excluding hydrogens is 611 g/mol. The van der Waals surface area contributed by atoms with Gasteiger partial charge in [0.25, 0.3) is 5.88 Å². The van der Waals surface area contributed by atoms with E-state index in [9.17, 15) is 0 Å². The number of hydrogen-bond acceptors (Lipinski definition) is 8. The molecule has 3 aromatic rings. The molecule has 0 N–H and O–H groups in total. The second-order valence-corrected chi connectivity index (χ2v) is 22.3. The summed E-state index contributed by atoms with van der Waals surface area (Å²) in [5.41, 5.74) is 2.04. The number of fused-ring (bicyclic) bond motifs is 2. The van der Waals surface area contributed by atoms with E-state index in [0.717, 1.165) is 0 Å². The number of imidazole rings is 1. The Bertz CT molecular complexity index is 1390. The summed E-state index contributed by atoms with van der Waals surface area (Å²) in [6.07, 6.45) is 2.29. The lowest BCUT2D eigenvalue weighted by Gasteiger charge is -2.51. The van der Waals surface area contributed by atoms with Gasteiger partial charge in [0, 0.05) is 5.92 Å². The monoisotopic (exact) mass is 652 g/mol. The molecule has 4 atom stereocenters. The van der Waals surface area contributed by atoms with Crippen molar-refractivity contribution in [3.63, 3.8) is 0 Å². The van der Waals surface area contributed by atoms with Crippen LogP contribution in [-0.4, -0.2) is 55.5 Å². The Hall–Kier alpha value is -1.58. The van der Waals surface area contributed by atoms with Crippen LogP contribution < -0.4 is 4.74 Å². The minimum absolute atomic E-state index is 0.0337. The van der Waals surface area contributed by atoms with E-state index >= 15 is 0 Å². The molecule has 0 amide bonds. The van der Waals surface area contributed by atoms with Crippen molar-refractivity contribution in [2.75, 3.05) is 6.61 Å². The molecule has 4 heterocycles. The lowest BCUT2D eigenvalue weighted by Crippen LogP contribution is -2.65. The van der Waals surface area contributed by atoms with Crippen molar-refractivity contribution in [1.29, 1.82) is 0 Å². The van der Waals surface area contributed by atoms with Crippen LogP contribution in [-0.2, 0) is 17.7 Å². The molecule has 0 spiro atoms. The minimum Gasteiger partial charge on any atom is -0.434 e. The van der Waals surface area contributed by atoms with E-state index in [-0.39, 0.29) is 46.2 Å². The van der Waals surface area contributed by atoms with Gasteiger partial charge < -0.3 is 22.4 Å². The average Bonchev–Trinajstić information content (AvgIpc) is 3.46. The maximum absolute atomic E-state index is 7.36. The van der Waals surface area contributed by atoms with E-state index in [0.29, 0.717) is 33.6 Å². The van der Waals surface area contributed by atoms with Crippen LogP contribution in [0.5, 0.6) is 11.6 Å². The highest BCUT2D eigenvalue weighted by atomic mass is 35.5. The maximum atomic E-state index is 7.36. The number of aromatic nitrogens is 4. The summed E-state index contributed by atoms with van der Waals surface area (Å²) in [7, 11) is -5.45. The zero-order valence-electron chi connectivity index (χ0n) is 25.8. The molecule has 9 nitrogen and oxygen atoms in total. The van der Waals surface area contributed by atoms with Gasteiger partial charge in [-0.3, -0.25) is 4.57 Å². The van der Waals surface area contributed by atoms with Crippen molar-refractivity contribution >= 4 is 51.5 Å². The normalized spacial score (nSPS) is 25.8. The average molecular weight is 654 g/mol. The molecule has 2 aliphatic rings. The Morgan fingerprint density at radius 3 is 2.12 bits per heavy atom. The molecule has 2 aromatic heterocycles. The summed E-state index contributed by atoms with van der Waals surface area (Å²) in [4.78, 5) is 13.5. The predicted molar refractivity (Wildman–Crippen MR) is 169 cm³/mol. The van der Waals surface area contributed by atoms with Gasteiger partial charge in [0.1, 0.15) is 18.7 Å². The van der Waals surface area contributed by atoms with Gasteiger partial charge in [-0.1, -0.05) is 91.6 Å². The van der Waals surface area contributed by atoms with Gasteiger partial charge in [0.05, 0.1) is 29.1 Å². The summed E-state index contributed by atoms with van der Waals surface area (Å²) in [5, 5.41) is 0.754. The molecule has 1 aromatic carbocycles. The van der Waals surface area contributed by atoms with E-state index < -0.39 is 23.3 Å². The standard InChI is InChI=1S/C29H42Cl2N4O5Si2/c1-16(2)41(17(3)4)36-13-23-25(39-42(40-41,18(5)6)19(7)8)20(9)29(37-23)35-15-34-24-27(35)32-14-33-28(24)38-26-21(30)11-10-12-22(26)31/h10-12,14-20,23,25,29H,13H2,1-9H3/t20-,23+,25-,29+/m0/s1. The zero-order chi connectivity index (χ0) is 30.6. The summed E-state index contributed by atoms with van der Waals surface area (Å²) < 4.78 is 36.3. The first-order valence-electron chi connectivity index (χ1n) is 14.8. The summed E-state index contributed by atoms with van der Waals surface area (Å²) >= 11 is 12.7. The maximum Gasteiger partial charge on any atom is 0.335 e. The Labute approximate surface area is 260 Å². The third-order valence-electron chi connectivity index (χ3n) is 8.70.